The summed E-state index contributed by atoms with van der Waals surface area (Å²) in [4.78, 5) is 7.98. The summed E-state index contributed by atoms with van der Waals surface area (Å²) in [6, 6.07) is 20.5. The molecule has 0 aliphatic carbocycles. The Kier molecular flexibility index (Phi) is 8.56. The van der Waals surface area contributed by atoms with Gasteiger partial charge in [0.2, 0.25) is 0 Å². The van der Waals surface area contributed by atoms with E-state index in [9.17, 15) is 10.2 Å². The topological polar surface area (TPSA) is 60.5 Å². The molecule has 1 aliphatic rings. The van der Waals surface area contributed by atoms with Crippen LogP contribution in [0, 0.1) is 6.57 Å². The van der Waals surface area contributed by atoms with Crippen LogP contribution in [0.15, 0.2) is 66.7 Å². The fourth-order valence-corrected chi connectivity index (χ4v) is 5.14. The molecule has 38 heavy (non-hydrogen) atoms. The third-order valence-electron chi connectivity index (χ3n) is 6.69. The van der Waals surface area contributed by atoms with E-state index < -0.39 is 11.2 Å². The van der Waals surface area contributed by atoms with E-state index in [1.165, 1.54) is 0 Å². The molecule has 0 saturated carbocycles. The molecule has 0 bridgehead atoms. The lowest BCUT2D eigenvalue weighted by molar-refractivity contribution is 0.0103. The van der Waals surface area contributed by atoms with Crippen molar-refractivity contribution in [2.24, 2.45) is 0 Å². The zero-order valence-corrected chi connectivity index (χ0v) is 23.4. The van der Waals surface area contributed by atoms with E-state index in [1.807, 2.05) is 55.5 Å². The Labute approximate surface area is 234 Å². The van der Waals surface area contributed by atoms with E-state index in [4.69, 9.17) is 34.5 Å². The highest BCUT2D eigenvalue weighted by Crippen LogP contribution is 2.38. The molecule has 1 aliphatic heterocycles. The van der Waals surface area contributed by atoms with Gasteiger partial charge < -0.3 is 19.8 Å². The van der Waals surface area contributed by atoms with Gasteiger partial charge in [-0.15, -0.1) is 0 Å². The Morgan fingerprint density at radius 1 is 0.974 bits per heavy atom. The average molecular weight is 555 g/mol. The Hall–Kier alpha value is -2.79. The zero-order chi connectivity index (χ0) is 27.5. The van der Waals surface area contributed by atoms with Crippen LogP contribution in [-0.4, -0.2) is 53.5 Å². The summed E-state index contributed by atoms with van der Waals surface area (Å²) in [6.45, 7) is 15.1. The summed E-state index contributed by atoms with van der Waals surface area (Å²) in [5.41, 5.74) is 1.29. The van der Waals surface area contributed by atoms with Crippen LogP contribution >= 0.6 is 23.2 Å². The van der Waals surface area contributed by atoms with Gasteiger partial charge in [-0.1, -0.05) is 59.6 Å². The number of β-amino-alcohol motifs (C(OH)–C–C–N with tert-alkyl or cyclic N) is 1. The highest BCUT2D eigenvalue weighted by molar-refractivity contribution is 6.33. The van der Waals surface area contributed by atoms with Crippen LogP contribution in [-0.2, 0) is 5.60 Å². The van der Waals surface area contributed by atoms with Crippen LogP contribution in [0.1, 0.15) is 37.9 Å². The fraction of sp³-hybridized carbons (Fsp3) is 0.367. The van der Waals surface area contributed by atoms with Crippen molar-refractivity contribution in [2.45, 2.75) is 38.0 Å². The van der Waals surface area contributed by atoms with Crippen LogP contribution in [0.5, 0.6) is 5.75 Å². The van der Waals surface area contributed by atoms with E-state index in [0.717, 1.165) is 23.4 Å². The lowest BCUT2D eigenvalue weighted by Gasteiger charge is -2.45. The second-order valence-electron chi connectivity index (χ2n) is 10.6. The summed E-state index contributed by atoms with van der Waals surface area (Å²) in [5, 5.41) is 22.6. The van der Waals surface area contributed by atoms with E-state index in [-0.39, 0.29) is 12.6 Å². The summed E-state index contributed by atoms with van der Waals surface area (Å²) >= 11 is 12.9. The van der Waals surface area contributed by atoms with Gasteiger partial charge in [0, 0.05) is 37.3 Å². The van der Waals surface area contributed by atoms with Gasteiger partial charge in [0.1, 0.15) is 12.4 Å². The third-order valence-corrected chi connectivity index (χ3v) is 7.24. The van der Waals surface area contributed by atoms with Crippen LogP contribution in [0.4, 0.5) is 11.4 Å². The summed E-state index contributed by atoms with van der Waals surface area (Å²) in [6.07, 6.45) is 0. The maximum atomic E-state index is 11.4. The third kappa shape index (κ3) is 6.99. The van der Waals surface area contributed by atoms with Gasteiger partial charge >= 0.3 is 0 Å². The molecule has 1 saturated heterocycles. The monoisotopic (exact) mass is 553 g/mol. The lowest BCUT2D eigenvalue weighted by Crippen LogP contribution is -2.52. The van der Waals surface area contributed by atoms with Crippen molar-refractivity contribution < 1.29 is 14.9 Å². The molecular weight excluding hydrogens is 521 g/mol. The number of halogens is 2. The molecule has 3 aromatic rings. The molecule has 0 aromatic heterocycles. The Balaban J connectivity index is 1.57. The molecule has 3 aromatic carbocycles. The minimum atomic E-state index is -1.08. The normalized spacial score (nSPS) is 18.1. The Morgan fingerprint density at radius 2 is 1.66 bits per heavy atom. The smallest absolute Gasteiger partial charge is 0.187 e. The first-order valence-electron chi connectivity index (χ1n) is 12.5. The van der Waals surface area contributed by atoms with Gasteiger partial charge in [0.05, 0.1) is 34.5 Å². The Bertz CT molecular complexity index is 1280. The zero-order valence-electron chi connectivity index (χ0n) is 21.9. The minimum Gasteiger partial charge on any atom is -0.491 e. The first kappa shape index (κ1) is 28.2. The number of hydrogen-bond donors (Lipinski definition) is 2. The van der Waals surface area contributed by atoms with Crippen molar-refractivity contribution in [3.63, 3.8) is 0 Å². The van der Waals surface area contributed by atoms with E-state index >= 15 is 0 Å². The summed E-state index contributed by atoms with van der Waals surface area (Å²) in [5.74, 6) is 0.600. The van der Waals surface area contributed by atoms with E-state index in [0.29, 0.717) is 41.1 Å². The van der Waals surface area contributed by atoms with Crippen LogP contribution < -0.4 is 9.64 Å². The molecular formula is C30H33Cl2N3O3. The number of benzene rings is 3. The summed E-state index contributed by atoms with van der Waals surface area (Å²) in [7, 11) is 0. The molecule has 4 rings (SSSR count). The van der Waals surface area contributed by atoms with Gasteiger partial charge in [-0.25, -0.2) is 4.85 Å². The van der Waals surface area contributed by atoms with Gasteiger partial charge in [-0.2, -0.15) is 0 Å². The highest BCUT2D eigenvalue weighted by atomic mass is 35.5. The van der Waals surface area contributed by atoms with E-state index in [2.05, 4.69) is 14.6 Å². The van der Waals surface area contributed by atoms with Gasteiger partial charge in [0.15, 0.2) is 5.69 Å². The van der Waals surface area contributed by atoms with Crippen molar-refractivity contribution in [3.05, 3.63) is 99.3 Å². The minimum absolute atomic E-state index is 0.0260. The molecule has 6 nitrogen and oxygen atoms in total. The first-order chi connectivity index (χ1) is 17.9. The second kappa shape index (κ2) is 11.5. The number of nitrogens with zero attached hydrogens (tertiary/aromatic N) is 3. The first-order valence-corrected chi connectivity index (χ1v) is 13.3. The van der Waals surface area contributed by atoms with Crippen molar-refractivity contribution >= 4 is 34.6 Å². The molecule has 200 valence electrons. The van der Waals surface area contributed by atoms with Crippen molar-refractivity contribution in [1.29, 1.82) is 0 Å². The standard InChI is InChI=1S/C30H33Cl2N3O3/c1-29(2,36)20-38-25-13-14-27(26(32)17-25)35-16-15-34(18-28(35)21-5-9-23(31)10-6-21)19-30(3,37)22-7-11-24(33-4)12-8-22/h5-14,17,28,36-37H,15-16,18-20H2,1-3H3/t28-,30+/m0/s1. The van der Waals surface area contributed by atoms with Crippen molar-refractivity contribution in [2.75, 3.05) is 37.7 Å². The number of aliphatic hydroxyl groups is 2. The predicted octanol–water partition coefficient (Wildman–Crippen LogP) is 6.46. The van der Waals surface area contributed by atoms with Gasteiger partial charge in [-0.3, -0.25) is 4.90 Å². The number of anilines is 1. The molecule has 8 heteroatoms. The lowest BCUT2D eigenvalue weighted by atomic mass is 9.93. The molecule has 2 N–H and O–H groups in total. The number of ether oxygens (including phenoxy) is 1. The van der Waals surface area contributed by atoms with Crippen LogP contribution in [0.25, 0.3) is 4.85 Å². The molecule has 1 fully saturated rings. The second-order valence-corrected chi connectivity index (χ2v) is 11.5. The molecule has 2 atom stereocenters. The SMILES string of the molecule is [C-]#[N+]c1ccc([C@](C)(O)CN2CCN(c3ccc(OCC(C)(C)O)cc3Cl)[C@H](c3ccc(Cl)cc3)C2)cc1. The van der Waals surface area contributed by atoms with Gasteiger partial charge in [0.25, 0.3) is 0 Å². The van der Waals surface area contributed by atoms with Crippen molar-refractivity contribution in [1.82, 2.24) is 4.90 Å². The largest absolute Gasteiger partial charge is 0.491 e. The Morgan fingerprint density at radius 3 is 2.26 bits per heavy atom. The van der Waals surface area contributed by atoms with E-state index in [1.54, 1.807) is 32.0 Å². The average Bonchev–Trinajstić information content (AvgIpc) is 2.88. The molecule has 0 radical (unpaired) electrons. The number of piperazine rings is 1. The quantitative estimate of drug-likeness (QED) is 0.313. The summed E-state index contributed by atoms with van der Waals surface area (Å²) < 4.78 is 5.73. The molecule has 1 heterocycles. The highest BCUT2D eigenvalue weighted by Gasteiger charge is 2.34. The number of hydrogen-bond acceptors (Lipinski definition) is 5. The predicted molar refractivity (Wildman–Crippen MR) is 153 cm³/mol. The van der Waals surface area contributed by atoms with Crippen molar-refractivity contribution in [3.8, 4) is 5.75 Å². The van der Waals surface area contributed by atoms with Crippen LogP contribution in [0.3, 0.4) is 0 Å². The maximum absolute atomic E-state index is 11.4. The molecule has 0 spiro atoms. The molecule has 0 unspecified atom stereocenters. The maximum Gasteiger partial charge on any atom is 0.187 e. The van der Waals surface area contributed by atoms with Gasteiger partial charge in [-0.05, 0) is 56.2 Å². The fourth-order valence-electron chi connectivity index (χ4n) is 4.73. The molecule has 0 amide bonds. The number of rotatable bonds is 8. The van der Waals surface area contributed by atoms with Crippen LogP contribution in [0.2, 0.25) is 10.0 Å².